The molecule has 0 spiro atoms. The van der Waals surface area contributed by atoms with Gasteiger partial charge in [-0.3, -0.25) is 4.79 Å². The molecule has 104 valence electrons. The summed E-state index contributed by atoms with van der Waals surface area (Å²) in [7, 11) is 0. The molecule has 1 aromatic carbocycles. The molecule has 4 nitrogen and oxygen atoms in total. The molecule has 1 aliphatic heterocycles. The highest BCUT2D eigenvalue weighted by Crippen LogP contribution is 2.29. The van der Waals surface area contributed by atoms with Crippen molar-refractivity contribution in [3.8, 4) is 5.75 Å². The van der Waals surface area contributed by atoms with E-state index in [1.54, 1.807) is 18.2 Å². The van der Waals surface area contributed by atoms with Crippen LogP contribution in [-0.2, 0) is 9.47 Å². The summed E-state index contributed by atoms with van der Waals surface area (Å²) in [6.07, 6.45) is 3.25. The second-order valence-electron chi connectivity index (χ2n) is 4.39. The molecule has 2 atom stereocenters. The van der Waals surface area contributed by atoms with Gasteiger partial charge in [0.2, 0.25) is 0 Å². The van der Waals surface area contributed by atoms with Crippen molar-refractivity contribution in [1.29, 1.82) is 0 Å². The van der Waals surface area contributed by atoms with Gasteiger partial charge in [0.25, 0.3) is 0 Å². The van der Waals surface area contributed by atoms with Crippen molar-refractivity contribution in [2.75, 3.05) is 6.61 Å². The van der Waals surface area contributed by atoms with Gasteiger partial charge >= 0.3 is 0 Å². The fraction of sp³-hybridized carbons (Fsp3) is 0.500. The molecular formula is C14H17BrO4. The Morgan fingerprint density at radius 1 is 1.47 bits per heavy atom. The lowest BCUT2D eigenvalue weighted by Gasteiger charge is -2.26. The normalized spacial score (nSPS) is 20.8. The summed E-state index contributed by atoms with van der Waals surface area (Å²) < 4.78 is 17.5. The van der Waals surface area contributed by atoms with Crippen molar-refractivity contribution in [3.63, 3.8) is 0 Å². The third-order valence-electron chi connectivity index (χ3n) is 2.89. The van der Waals surface area contributed by atoms with Gasteiger partial charge in [0.1, 0.15) is 5.75 Å². The van der Waals surface area contributed by atoms with Crippen LogP contribution in [0.3, 0.4) is 0 Å². The molecule has 1 heterocycles. The number of ether oxygens (including phenoxy) is 3. The third kappa shape index (κ3) is 4.03. The fourth-order valence-electron chi connectivity index (χ4n) is 1.95. The minimum absolute atomic E-state index is 0.197. The average Bonchev–Trinajstić information content (AvgIpc) is 2.42. The van der Waals surface area contributed by atoms with E-state index in [1.807, 2.05) is 6.92 Å². The number of halogens is 1. The number of benzene rings is 1. The monoisotopic (exact) mass is 328 g/mol. The Kier molecular flexibility index (Phi) is 5.36. The van der Waals surface area contributed by atoms with Crippen LogP contribution in [0.25, 0.3) is 0 Å². The molecule has 0 N–H and O–H groups in total. The van der Waals surface area contributed by atoms with Gasteiger partial charge in [-0.25, -0.2) is 0 Å². The molecule has 0 amide bonds. The van der Waals surface area contributed by atoms with Gasteiger partial charge in [0, 0.05) is 12.2 Å². The maximum Gasteiger partial charge on any atom is 0.199 e. The maximum absolute atomic E-state index is 10.8. The van der Waals surface area contributed by atoms with Crippen LogP contribution >= 0.6 is 15.9 Å². The molecule has 1 fully saturated rings. The predicted octanol–water partition coefficient (Wildman–Crippen LogP) is 3.53. The number of carbonyl (C=O) groups is 1. The zero-order valence-corrected chi connectivity index (χ0v) is 12.4. The van der Waals surface area contributed by atoms with Gasteiger partial charge in [-0.1, -0.05) is 12.1 Å². The molecule has 2 rings (SSSR count). The van der Waals surface area contributed by atoms with Crippen molar-refractivity contribution in [1.82, 2.24) is 0 Å². The Bertz CT molecular complexity index is 429. The lowest BCUT2D eigenvalue weighted by molar-refractivity contribution is -0.225. The molecular weight excluding hydrogens is 312 g/mol. The molecule has 0 saturated carbocycles. The molecule has 5 heteroatoms. The van der Waals surface area contributed by atoms with E-state index in [4.69, 9.17) is 14.2 Å². The molecule has 0 bridgehead atoms. The van der Waals surface area contributed by atoms with Gasteiger partial charge in [0.15, 0.2) is 18.9 Å². The van der Waals surface area contributed by atoms with Crippen LogP contribution < -0.4 is 4.74 Å². The van der Waals surface area contributed by atoms with Crippen LogP contribution in [-0.4, -0.2) is 25.5 Å². The quantitative estimate of drug-likeness (QED) is 0.612. The van der Waals surface area contributed by atoms with Gasteiger partial charge in [-0.05, 0) is 48.2 Å². The predicted molar refractivity (Wildman–Crippen MR) is 74.3 cm³/mol. The largest absolute Gasteiger partial charge is 0.464 e. The Morgan fingerprint density at radius 2 is 2.32 bits per heavy atom. The summed E-state index contributed by atoms with van der Waals surface area (Å²) in [5.41, 5.74) is 0.554. The van der Waals surface area contributed by atoms with Gasteiger partial charge in [-0.2, -0.15) is 0 Å². The van der Waals surface area contributed by atoms with Gasteiger partial charge in [0.05, 0.1) is 4.47 Å². The molecule has 1 aliphatic rings. The zero-order valence-electron chi connectivity index (χ0n) is 10.8. The van der Waals surface area contributed by atoms with Crippen molar-refractivity contribution >= 4 is 22.2 Å². The van der Waals surface area contributed by atoms with Gasteiger partial charge in [-0.15, -0.1) is 0 Å². The van der Waals surface area contributed by atoms with Crippen LogP contribution in [0.2, 0.25) is 0 Å². The molecule has 0 aromatic heterocycles. The summed E-state index contributed by atoms with van der Waals surface area (Å²) in [6.45, 7) is 2.56. The van der Waals surface area contributed by atoms with E-state index in [9.17, 15) is 4.79 Å². The van der Waals surface area contributed by atoms with Crippen molar-refractivity contribution in [3.05, 3.63) is 28.2 Å². The zero-order chi connectivity index (χ0) is 13.7. The highest BCUT2D eigenvalue weighted by molar-refractivity contribution is 9.10. The van der Waals surface area contributed by atoms with Crippen LogP contribution in [0, 0.1) is 0 Å². The Labute approximate surface area is 121 Å². The Morgan fingerprint density at radius 3 is 3.00 bits per heavy atom. The minimum atomic E-state index is -0.429. The first-order valence-corrected chi connectivity index (χ1v) is 7.17. The molecule has 2 unspecified atom stereocenters. The topological polar surface area (TPSA) is 44.8 Å². The smallest absolute Gasteiger partial charge is 0.199 e. The maximum atomic E-state index is 10.8. The van der Waals surface area contributed by atoms with Crippen molar-refractivity contribution in [2.24, 2.45) is 0 Å². The van der Waals surface area contributed by atoms with Crippen LogP contribution in [0.5, 0.6) is 5.75 Å². The first-order valence-electron chi connectivity index (χ1n) is 6.38. The molecule has 1 saturated heterocycles. The van der Waals surface area contributed by atoms with Crippen LogP contribution in [0.15, 0.2) is 22.7 Å². The second-order valence-corrected chi connectivity index (χ2v) is 5.19. The lowest BCUT2D eigenvalue weighted by Crippen LogP contribution is -2.29. The fourth-order valence-corrected chi connectivity index (χ4v) is 2.40. The van der Waals surface area contributed by atoms with E-state index < -0.39 is 6.29 Å². The van der Waals surface area contributed by atoms with E-state index in [0.29, 0.717) is 15.8 Å². The summed E-state index contributed by atoms with van der Waals surface area (Å²) in [5.74, 6) is 0.591. The average molecular weight is 329 g/mol. The molecule has 1 aromatic rings. The van der Waals surface area contributed by atoms with Crippen LogP contribution in [0.1, 0.15) is 36.5 Å². The first kappa shape index (κ1) is 14.5. The van der Waals surface area contributed by atoms with E-state index in [1.165, 1.54) is 0 Å². The summed E-state index contributed by atoms with van der Waals surface area (Å²) in [4.78, 5) is 10.8. The second kappa shape index (κ2) is 7.03. The highest BCUT2D eigenvalue weighted by atomic mass is 79.9. The summed E-state index contributed by atoms with van der Waals surface area (Å²) in [5, 5.41) is 0. The lowest BCUT2D eigenvalue weighted by atomic mass is 10.2. The Balaban J connectivity index is 1.94. The molecule has 0 radical (unpaired) electrons. The number of rotatable bonds is 5. The number of aldehydes is 1. The summed E-state index contributed by atoms with van der Waals surface area (Å²) >= 11 is 3.35. The number of hydrogen-bond acceptors (Lipinski definition) is 4. The SMILES string of the molecule is CC(Oc1cccc(C=O)c1Br)OC1CCCCO1. The van der Waals surface area contributed by atoms with E-state index in [-0.39, 0.29) is 6.29 Å². The van der Waals surface area contributed by atoms with Crippen molar-refractivity contribution < 1.29 is 19.0 Å². The van der Waals surface area contributed by atoms with Crippen LogP contribution in [0.4, 0.5) is 0 Å². The summed E-state index contributed by atoms with van der Waals surface area (Å²) in [6, 6.07) is 5.28. The first-order chi connectivity index (χ1) is 9.20. The van der Waals surface area contributed by atoms with Gasteiger partial charge < -0.3 is 14.2 Å². The number of hydrogen-bond donors (Lipinski definition) is 0. The molecule has 0 aliphatic carbocycles. The molecule has 19 heavy (non-hydrogen) atoms. The minimum Gasteiger partial charge on any atom is -0.464 e. The third-order valence-corrected chi connectivity index (χ3v) is 3.74. The van der Waals surface area contributed by atoms with E-state index in [0.717, 1.165) is 32.2 Å². The standard InChI is InChI=1S/C14H17BrO4/c1-10(19-13-7-2-3-8-17-13)18-12-6-4-5-11(9-16)14(12)15/h4-6,9-10,13H,2-3,7-8H2,1H3. The van der Waals surface area contributed by atoms with E-state index >= 15 is 0 Å². The van der Waals surface area contributed by atoms with E-state index in [2.05, 4.69) is 15.9 Å². The number of carbonyl (C=O) groups excluding carboxylic acids is 1. The van der Waals surface area contributed by atoms with Crippen molar-refractivity contribution in [2.45, 2.75) is 38.8 Å². The Hall–Kier alpha value is -0.910. The highest BCUT2D eigenvalue weighted by Gasteiger charge is 2.18.